The summed E-state index contributed by atoms with van der Waals surface area (Å²) in [5, 5.41) is 12.2. The van der Waals surface area contributed by atoms with E-state index in [1.165, 1.54) is 25.7 Å². The molecule has 0 saturated carbocycles. The molecule has 15 heavy (non-hydrogen) atoms. The Morgan fingerprint density at radius 2 is 2.20 bits per heavy atom. The Bertz CT molecular complexity index is 234. The number of likely N-dealkylation sites (tertiary alicyclic amines) is 1. The molecular weight excluding hydrogens is 186 g/mol. The predicted octanol–water partition coefficient (Wildman–Crippen LogP) is 1.75. The molecule has 1 aliphatic rings. The summed E-state index contributed by atoms with van der Waals surface area (Å²) in [6, 6.07) is 2.98. The van der Waals surface area contributed by atoms with E-state index in [2.05, 4.69) is 23.2 Å². The maximum atomic E-state index is 9.13. The molecule has 1 saturated heterocycles. The molecule has 86 valence electrons. The van der Waals surface area contributed by atoms with Gasteiger partial charge in [-0.25, -0.2) is 0 Å². The van der Waals surface area contributed by atoms with E-state index in [0.29, 0.717) is 6.04 Å². The standard InChI is InChI=1S/C12H23N3/c1-11-7-5-4-6-8-15(11)10-12(2,9-13)14-3/h11,14H,4-8,10H2,1-3H3. The highest BCUT2D eigenvalue weighted by Crippen LogP contribution is 2.18. The zero-order chi connectivity index (χ0) is 11.3. The number of rotatable bonds is 3. The van der Waals surface area contributed by atoms with Gasteiger partial charge in [0.2, 0.25) is 0 Å². The van der Waals surface area contributed by atoms with E-state index in [1.54, 1.807) is 0 Å². The normalized spacial score (nSPS) is 27.7. The molecule has 0 spiro atoms. The van der Waals surface area contributed by atoms with Crippen LogP contribution in [0.15, 0.2) is 0 Å². The van der Waals surface area contributed by atoms with Crippen LogP contribution in [0.1, 0.15) is 39.5 Å². The van der Waals surface area contributed by atoms with E-state index in [9.17, 15) is 0 Å². The van der Waals surface area contributed by atoms with Crippen LogP contribution in [0.25, 0.3) is 0 Å². The van der Waals surface area contributed by atoms with Crippen LogP contribution in [-0.2, 0) is 0 Å². The second-order valence-electron chi connectivity index (χ2n) is 4.86. The maximum Gasteiger partial charge on any atom is 0.116 e. The molecule has 0 aromatic heterocycles. The smallest absolute Gasteiger partial charge is 0.116 e. The highest BCUT2D eigenvalue weighted by atomic mass is 15.2. The summed E-state index contributed by atoms with van der Waals surface area (Å²) in [6.45, 7) is 6.23. The first-order chi connectivity index (χ1) is 7.11. The molecule has 3 nitrogen and oxygen atoms in total. The van der Waals surface area contributed by atoms with Crippen LogP contribution in [0.5, 0.6) is 0 Å². The van der Waals surface area contributed by atoms with Crippen molar-refractivity contribution in [3.8, 4) is 6.07 Å². The van der Waals surface area contributed by atoms with Gasteiger partial charge in [0, 0.05) is 12.6 Å². The summed E-state index contributed by atoms with van der Waals surface area (Å²) < 4.78 is 0. The Labute approximate surface area is 93.5 Å². The minimum Gasteiger partial charge on any atom is -0.302 e. The summed E-state index contributed by atoms with van der Waals surface area (Å²) in [7, 11) is 1.87. The fraction of sp³-hybridized carbons (Fsp3) is 0.917. The largest absolute Gasteiger partial charge is 0.302 e. The van der Waals surface area contributed by atoms with Crippen molar-refractivity contribution in [3.05, 3.63) is 0 Å². The summed E-state index contributed by atoms with van der Waals surface area (Å²) in [6.07, 6.45) is 5.21. The molecule has 1 fully saturated rings. The minimum atomic E-state index is -0.404. The van der Waals surface area contributed by atoms with Gasteiger partial charge in [-0.1, -0.05) is 12.8 Å². The molecule has 0 radical (unpaired) electrons. The second kappa shape index (κ2) is 5.48. The molecular formula is C12H23N3. The number of hydrogen-bond acceptors (Lipinski definition) is 3. The van der Waals surface area contributed by atoms with Crippen molar-refractivity contribution >= 4 is 0 Å². The number of nitrogens with zero attached hydrogens (tertiary/aromatic N) is 2. The quantitative estimate of drug-likeness (QED) is 0.769. The van der Waals surface area contributed by atoms with Crippen molar-refractivity contribution in [2.24, 2.45) is 0 Å². The van der Waals surface area contributed by atoms with E-state index >= 15 is 0 Å². The van der Waals surface area contributed by atoms with Crippen LogP contribution in [0.3, 0.4) is 0 Å². The van der Waals surface area contributed by atoms with Gasteiger partial charge in [-0.3, -0.25) is 4.90 Å². The van der Waals surface area contributed by atoms with Gasteiger partial charge < -0.3 is 5.32 Å². The molecule has 1 aliphatic heterocycles. The number of nitrogens with one attached hydrogen (secondary N) is 1. The molecule has 2 unspecified atom stereocenters. The van der Waals surface area contributed by atoms with E-state index in [-0.39, 0.29) is 0 Å². The first-order valence-corrected chi connectivity index (χ1v) is 5.95. The minimum absolute atomic E-state index is 0.404. The van der Waals surface area contributed by atoms with Crippen molar-refractivity contribution in [2.75, 3.05) is 20.1 Å². The predicted molar refractivity (Wildman–Crippen MR) is 62.6 cm³/mol. The molecule has 1 heterocycles. The second-order valence-corrected chi connectivity index (χ2v) is 4.86. The maximum absolute atomic E-state index is 9.13. The average Bonchev–Trinajstić information content (AvgIpc) is 2.44. The van der Waals surface area contributed by atoms with Crippen LogP contribution in [-0.4, -0.2) is 36.6 Å². The molecule has 0 amide bonds. The molecule has 1 rings (SSSR count). The lowest BCUT2D eigenvalue weighted by atomic mass is 10.0. The van der Waals surface area contributed by atoms with Crippen LogP contribution in [0.2, 0.25) is 0 Å². The Kier molecular flexibility index (Phi) is 4.56. The third-order valence-corrected chi connectivity index (χ3v) is 3.51. The van der Waals surface area contributed by atoms with Crippen molar-refractivity contribution < 1.29 is 0 Å². The summed E-state index contributed by atoms with van der Waals surface area (Å²) >= 11 is 0. The van der Waals surface area contributed by atoms with Crippen LogP contribution in [0.4, 0.5) is 0 Å². The molecule has 2 atom stereocenters. The van der Waals surface area contributed by atoms with Gasteiger partial charge in [0.05, 0.1) is 6.07 Å². The summed E-state index contributed by atoms with van der Waals surface area (Å²) in [4.78, 5) is 2.45. The summed E-state index contributed by atoms with van der Waals surface area (Å²) in [5.74, 6) is 0. The number of hydrogen-bond donors (Lipinski definition) is 1. The van der Waals surface area contributed by atoms with Gasteiger partial charge in [-0.05, 0) is 40.3 Å². The lowest BCUT2D eigenvalue weighted by Gasteiger charge is -2.33. The first-order valence-electron chi connectivity index (χ1n) is 5.95. The van der Waals surface area contributed by atoms with Crippen molar-refractivity contribution in [2.45, 2.75) is 51.1 Å². The Morgan fingerprint density at radius 3 is 2.80 bits per heavy atom. The molecule has 1 N–H and O–H groups in total. The SMILES string of the molecule is CNC(C)(C#N)CN1CCCCCC1C. The van der Waals surface area contributed by atoms with E-state index < -0.39 is 5.54 Å². The lowest BCUT2D eigenvalue weighted by Crippen LogP contribution is -2.51. The first kappa shape index (κ1) is 12.5. The van der Waals surface area contributed by atoms with Crippen molar-refractivity contribution in [1.82, 2.24) is 10.2 Å². The monoisotopic (exact) mass is 209 g/mol. The van der Waals surface area contributed by atoms with E-state index in [4.69, 9.17) is 5.26 Å². The molecule has 0 aliphatic carbocycles. The molecule has 3 heteroatoms. The van der Waals surface area contributed by atoms with Crippen LogP contribution >= 0.6 is 0 Å². The Balaban J connectivity index is 2.58. The van der Waals surface area contributed by atoms with Crippen molar-refractivity contribution in [3.63, 3.8) is 0 Å². The highest BCUT2D eigenvalue weighted by Gasteiger charge is 2.27. The molecule has 0 aromatic carbocycles. The molecule has 0 aromatic rings. The third kappa shape index (κ3) is 3.48. The van der Waals surface area contributed by atoms with E-state index in [1.807, 2.05) is 14.0 Å². The highest BCUT2D eigenvalue weighted by molar-refractivity contribution is 5.05. The van der Waals surface area contributed by atoms with Gasteiger partial charge in [-0.2, -0.15) is 5.26 Å². The van der Waals surface area contributed by atoms with Gasteiger partial charge in [0.1, 0.15) is 5.54 Å². The van der Waals surface area contributed by atoms with Gasteiger partial charge in [0.25, 0.3) is 0 Å². The Hall–Kier alpha value is -0.590. The Morgan fingerprint density at radius 1 is 1.47 bits per heavy atom. The fourth-order valence-electron chi connectivity index (χ4n) is 2.15. The summed E-state index contributed by atoms with van der Waals surface area (Å²) in [5.41, 5.74) is -0.404. The molecule has 0 bridgehead atoms. The van der Waals surface area contributed by atoms with Gasteiger partial charge in [-0.15, -0.1) is 0 Å². The zero-order valence-corrected chi connectivity index (χ0v) is 10.2. The third-order valence-electron chi connectivity index (χ3n) is 3.51. The average molecular weight is 209 g/mol. The van der Waals surface area contributed by atoms with Crippen LogP contribution in [0, 0.1) is 11.3 Å². The topological polar surface area (TPSA) is 39.1 Å². The lowest BCUT2D eigenvalue weighted by molar-refractivity contribution is 0.177. The zero-order valence-electron chi connectivity index (χ0n) is 10.2. The van der Waals surface area contributed by atoms with Gasteiger partial charge in [0.15, 0.2) is 0 Å². The van der Waals surface area contributed by atoms with E-state index in [0.717, 1.165) is 13.1 Å². The fourth-order valence-corrected chi connectivity index (χ4v) is 2.15. The van der Waals surface area contributed by atoms with Crippen molar-refractivity contribution in [1.29, 1.82) is 5.26 Å². The van der Waals surface area contributed by atoms with Crippen LogP contribution < -0.4 is 5.32 Å². The van der Waals surface area contributed by atoms with Gasteiger partial charge >= 0.3 is 0 Å². The number of likely N-dealkylation sites (N-methyl/N-ethyl adjacent to an activating group) is 1. The number of nitriles is 1.